The Labute approximate surface area is 112 Å². The maximum absolute atomic E-state index is 13.5. The first-order valence-corrected chi connectivity index (χ1v) is 5.53. The van der Waals surface area contributed by atoms with Gasteiger partial charge in [-0.25, -0.2) is 9.18 Å². The van der Waals surface area contributed by atoms with Crippen molar-refractivity contribution in [3.8, 4) is 0 Å². The zero-order valence-corrected chi connectivity index (χ0v) is 10.5. The number of nitrogens with two attached hydrogens (primary N) is 1. The molecule has 0 radical (unpaired) electrons. The molecule has 0 aliphatic rings. The molecule has 0 fully saturated rings. The van der Waals surface area contributed by atoms with Crippen LogP contribution in [0.3, 0.4) is 0 Å². The molecule has 0 spiro atoms. The fourth-order valence-corrected chi connectivity index (χ4v) is 1.27. The van der Waals surface area contributed by atoms with Crippen LogP contribution in [0.2, 0.25) is 0 Å². The number of rotatable bonds is 5. The second-order valence-electron chi connectivity index (χ2n) is 3.64. The number of hydrogen-bond acceptors (Lipinski definition) is 6. The van der Waals surface area contributed by atoms with Crippen molar-refractivity contribution in [2.45, 2.75) is 13.0 Å². The van der Waals surface area contributed by atoms with Gasteiger partial charge in [0.2, 0.25) is 0 Å². The Balaban J connectivity index is 2.81. The maximum Gasteiger partial charge on any atom is 0.332 e. The van der Waals surface area contributed by atoms with Gasteiger partial charge in [-0.2, -0.15) is 0 Å². The first-order chi connectivity index (χ1) is 9.36. The number of carbonyl (C=O) groups excluding carboxylic acids is 2. The quantitative estimate of drug-likeness (QED) is 0.352. The van der Waals surface area contributed by atoms with Gasteiger partial charge in [0.15, 0.2) is 11.9 Å². The zero-order chi connectivity index (χ0) is 15.3. The smallest absolute Gasteiger partial charge is 0.332 e. The van der Waals surface area contributed by atoms with Crippen LogP contribution in [0.15, 0.2) is 18.2 Å². The van der Waals surface area contributed by atoms with E-state index < -0.39 is 34.3 Å². The van der Waals surface area contributed by atoms with Crippen molar-refractivity contribution in [2.75, 3.05) is 11.9 Å². The van der Waals surface area contributed by atoms with E-state index in [9.17, 15) is 24.1 Å². The number of esters is 1. The summed E-state index contributed by atoms with van der Waals surface area (Å²) in [5.74, 6) is -2.94. The topological polar surface area (TPSA) is 125 Å². The van der Waals surface area contributed by atoms with Crippen LogP contribution in [-0.2, 0) is 14.3 Å². The Morgan fingerprint density at radius 2 is 2.20 bits per heavy atom. The Morgan fingerprint density at radius 1 is 1.55 bits per heavy atom. The van der Waals surface area contributed by atoms with Gasteiger partial charge in [0, 0.05) is 6.07 Å². The molecule has 3 N–H and O–H groups in total. The minimum atomic E-state index is -1.61. The lowest BCUT2D eigenvalue weighted by molar-refractivity contribution is -0.385. The highest BCUT2D eigenvalue weighted by atomic mass is 19.1. The standard InChI is InChI=1S/C11H12FN3O5/c1-2-20-11(17)9(13)10(16)14-8-4-3-6(15(18)19)5-7(8)12/h3-5,9H,2,13H2,1H3,(H,14,16). The van der Waals surface area contributed by atoms with Crippen LogP contribution in [-0.4, -0.2) is 29.4 Å². The molecular formula is C11H12FN3O5. The van der Waals surface area contributed by atoms with E-state index in [-0.39, 0.29) is 12.3 Å². The fourth-order valence-electron chi connectivity index (χ4n) is 1.27. The SMILES string of the molecule is CCOC(=O)C(N)C(=O)Nc1ccc([N+](=O)[O-])cc1F. The van der Waals surface area contributed by atoms with E-state index in [0.717, 1.165) is 12.1 Å². The molecule has 1 rings (SSSR count). The fraction of sp³-hybridized carbons (Fsp3) is 0.273. The number of benzene rings is 1. The van der Waals surface area contributed by atoms with Gasteiger partial charge in [-0.1, -0.05) is 0 Å². The highest BCUT2D eigenvalue weighted by Crippen LogP contribution is 2.20. The second kappa shape index (κ2) is 6.57. The van der Waals surface area contributed by atoms with E-state index in [2.05, 4.69) is 10.1 Å². The molecule has 9 heteroatoms. The molecule has 0 heterocycles. The van der Waals surface area contributed by atoms with Gasteiger partial charge in [0.05, 0.1) is 23.3 Å². The largest absolute Gasteiger partial charge is 0.464 e. The van der Waals surface area contributed by atoms with Crippen molar-refractivity contribution in [1.29, 1.82) is 0 Å². The van der Waals surface area contributed by atoms with Crippen molar-refractivity contribution < 1.29 is 23.6 Å². The third kappa shape index (κ3) is 3.72. The molecule has 0 saturated carbocycles. The summed E-state index contributed by atoms with van der Waals surface area (Å²) in [5, 5.41) is 12.5. The van der Waals surface area contributed by atoms with Gasteiger partial charge in [0.25, 0.3) is 11.6 Å². The van der Waals surface area contributed by atoms with E-state index in [4.69, 9.17) is 5.73 Å². The number of carbonyl (C=O) groups is 2. The van der Waals surface area contributed by atoms with Gasteiger partial charge >= 0.3 is 5.97 Å². The predicted octanol–water partition coefficient (Wildman–Crippen LogP) is 0.563. The van der Waals surface area contributed by atoms with Crippen LogP contribution in [0.4, 0.5) is 15.8 Å². The van der Waals surface area contributed by atoms with Crippen LogP contribution < -0.4 is 11.1 Å². The van der Waals surface area contributed by atoms with Crippen LogP contribution in [0.5, 0.6) is 0 Å². The average molecular weight is 285 g/mol. The molecule has 20 heavy (non-hydrogen) atoms. The molecule has 0 aromatic heterocycles. The van der Waals surface area contributed by atoms with E-state index in [1.54, 1.807) is 6.92 Å². The summed E-state index contributed by atoms with van der Waals surface area (Å²) in [6, 6.07) is 1.05. The number of nitro benzene ring substituents is 1. The molecule has 1 aromatic rings. The van der Waals surface area contributed by atoms with Crippen molar-refractivity contribution in [3.05, 3.63) is 34.1 Å². The van der Waals surface area contributed by atoms with Crippen LogP contribution in [0.25, 0.3) is 0 Å². The van der Waals surface area contributed by atoms with Crippen LogP contribution >= 0.6 is 0 Å². The lowest BCUT2D eigenvalue weighted by atomic mass is 10.2. The molecule has 0 aliphatic carbocycles. The number of amides is 1. The number of non-ortho nitro benzene ring substituents is 1. The second-order valence-corrected chi connectivity index (χ2v) is 3.64. The van der Waals surface area contributed by atoms with Crippen molar-refractivity contribution in [2.24, 2.45) is 5.73 Å². The van der Waals surface area contributed by atoms with Crippen molar-refractivity contribution in [3.63, 3.8) is 0 Å². The third-order valence-corrected chi connectivity index (χ3v) is 2.24. The maximum atomic E-state index is 13.5. The Hall–Kier alpha value is -2.55. The molecule has 8 nitrogen and oxygen atoms in total. The van der Waals surface area contributed by atoms with Gasteiger partial charge in [-0.05, 0) is 13.0 Å². The average Bonchev–Trinajstić information content (AvgIpc) is 2.40. The van der Waals surface area contributed by atoms with Crippen molar-refractivity contribution >= 4 is 23.3 Å². The number of halogens is 1. The lowest BCUT2D eigenvalue weighted by Gasteiger charge is -2.11. The van der Waals surface area contributed by atoms with Crippen molar-refractivity contribution in [1.82, 2.24) is 0 Å². The molecule has 108 valence electrons. The number of hydrogen-bond donors (Lipinski definition) is 2. The molecule has 0 bridgehead atoms. The minimum Gasteiger partial charge on any atom is -0.464 e. The van der Waals surface area contributed by atoms with E-state index in [1.807, 2.05) is 0 Å². The zero-order valence-electron chi connectivity index (χ0n) is 10.5. The van der Waals surface area contributed by atoms with Crippen LogP contribution in [0, 0.1) is 15.9 Å². The lowest BCUT2D eigenvalue weighted by Crippen LogP contribution is -2.43. The Bertz CT molecular complexity index is 549. The molecule has 1 atom stereocenters. The Kier molecular flexibility index (Phi) is 5.09. The Morgan fingerprint density at radius 3 is 2.70 bits per heavy atom. The third-order valence-electron chi connectivity index (χ3n) is 2.24. The summed E-state index contributed by atoms with van der Waals surface area (Å²) >= 11 is 0. The first-order valence-electron chi connectivity index (χ1n) is 5.53. The highest BCUT2D eigenvalue weighted by molar-refractivity contribution is 6.08. The number of ether oxygens (including phenoxy) is 1. The van der Waals surface area contributed by atoms with E-state index >= 15 is 0 Å². The molecule has 0 saturated heterocycles. The highest BCUT2D eigenvalue weighted by Gasteiger charge is 2.24. The summed E-state index contributed by atoms with van der Waals surface area (Å²) in [7, 11) is 0. The summed E-state index contributed by atoms with van der Waals surface area (Å²) in [5.41, 5.74) is 4.52. The minimum absolute atomic E-state index is 0.0473. The van der Waals surface area contributed by atoms with Crippen LogP contribution in [0.1, 0.15) is 6.92 Å². The molecular weight excluding hydrogens is 273 g/mol. The van der Waals surface area contributed by atoms with Gasteiger partial charge < -0.3 is 15.8 Å². The summed E-state index contributed by atoms with van der Waals surface area (Å²) in [4.78, 5) is 32.4. The number of nitrogens with one attached hydrogen (secondary N) is 1. The molecule has 1 amide bonds. The van der Waals surface area contributed by atoms with E-state index in [0.29, 0.717) is 6.07 Å². The number of nitro groups is 1. The van der Waals surface area contributed by atoms with Gasteiger partial charge in [-0.15, -0.1) is 0 Å². The van der Waals surface area contributed by atoms with Gasteiger partial charge in [-0.3, -0.25) is 14.9 Å². The molecule has 0 aliphatic heterocycles. The molecule has 1 unspecified atom stereocenters. The summed E-state index contributed by atoms with van der Waals surface area (Å²) in [6.07, 6.45) is 0. The van der Waals surface area contributed by atoms with E-state index in [1.165, 1.54) is 0 Å². The predicted molar refractivity (Wildman–Crippen MR) is 66.3 cm³/mol. The summed E-state index contributed by atoms with van der Waals surface area (Å²) < 4.78 is 18.0. The normalized spacial score (nSPS) is 11.6. The summed E-state index contributed by atoms with van der Waals surface area (Å²) in [6.45, 7) is 1.59. The number of nitrogens with zero attached hydrogens (tertiary/aromatic N) is 1. The molecule has 1 aromatic carbocycles. The number of anilines is 1. The van der Waals surface area contributed by atoms with Gasteiger partial charge in [0.1, 0.15) is 0 Å². The first kappa shape index (κ1) is 15.5. The monoisotopic (exact) mass is 285 g/mol.